The van der Waals surface area contributed by atoms with Crippen LogP contribution in [0.1, 0.15) is 27.0 Å². The fourth-order valence-corrected chi connectivity index (χ4v) is 2.54. The van der Waals surface area contributed by atoms with Crippen molar-refractivity contribution in [3.05, 3.63) is 64.5 Å². The fourth-order valence-electron chi connectivity index (χ4n) is 2.54. The molecule has 0 bridgehead atoms. The van der Waals surface area contributed by atoms with Gasteiger partial charge in [-0.25, -0.2) is 4.39 Å². The molecule has 2 N–H and O–H groups in total. The van der Waals surface area contributed by atoms with Gasteiger partial charge in [0.1, 0.15) is 5.82 Å². The number of aryl methyl sites for hydroxylation is 1. The normalized spacial score (nSPS) is 13.6. The summed E-state index contributed by atoms with van der Waals surface area (Å²) in [5.74, 6) is -0.700. The van der Waals surface area contributed by atoms with Crippen LogP contribution in [0, 0.1) is 12.7 Å². The van der Waals surface area contributed by atoms with Crippen molar-refractivity contribution in [2.75, 3.05) is 11.9 Å². The maximum atomic E-state index is 13.8. The van der Waals surface area contributed by atoms with Gasteiger partial charge in [0.05, 0.1) is 5.69 Å². The van der Waals surface area contributed by atoms with E-state index in [1.54, 1.807) is 18.2 Å². The average Bonchev–Trinajstić information content (AvgIpc) is 2.49. The van der Waals surface area contributed by atoms with Crippen molar-refractivity contribution in [2.24, 2.45) is 0 Å². The molecule has 0 aromatic heterocycles. The zero-order valence-electron chi connectivity index (χ0n) is 11.9. The number of halogens is 1. The summed E-state index contributed by atoms with van der Waals surface area (Å²) in [5, 5.41) is 5.91. The lowest BCUT2D eigenvalue weighted by molar-refractivity contribution is 0.102. The van der Waals surface area contributed by atoms with Crippen molar-refractivity contribution in [1.29, 1.82) is 0 Å². The molecule has 21 heavy (non-hydrogen) atoms. The van der Waals surface area contributed by atoms with Crippen molar-refractivity contribution < 1.29 is 9.18 Å². The zero-order valence-corrected chi connectivity index (χ0v) is 11.9. The van der Waals surface area contributed by atoms with Crippen molar-refractivity contribution in [2.45, 2.75) is 19.9 Å². The van der Waals surface area contributed by atoms with E-state index in [1.807, 2.05) is 19.1 Å². The van der Waals surface area contributed by atoms with Gasteiger partial charge >= 0.3 is 0 Å². The Kier molecular flexibility index (Phi) is 3.71. The van der Waals surface area contributed by atoms with Gasteiger partial charge in [-0.1, -0.05) is 12.1 Å². The van der Waals surface area contributed by atoms with E-state index in [2.05, 4.69) is 10.6 Å². The number of amides is 1. The van der Waals surface area contributed by atoms with Gasteiger partial charge < -0.3 is 10.6 Å². The lowest BCUT2D eigenvalue weighted by Gasteiger charge is -2.17. The van der Waals surface area contributed by atoms with E-state index in [4.69, 9.17) is 0 Å². The summed E-state index contributed by atoms with van der Waals surface area (Å²) in [6, 6.07) is 10.4. The number of fused-ring (bicyclic) bond motifs is 1. The van der Waals surface area contributed by atoms with Crippen molar-refractivity contribution in [1.82, 2.24) is 5.32 Å². The zero-order chi connectivity index (χ0) is 14.8. The third-order valence-electron chi connectivity index (χ3n) is 3.73. The van der Waals surface area contributed by atoms with Gasteiger partial charge in [-0.15, -0.1) is 0 Å². The smallest absolute Gasteiger partial charge is 0.255 e. The molecular formula is C17H17FN2O. The van der Waals surface area contributed by atoms with Crippen LogP contribution in [0.25, 0.3) is 0 Å². The molecule has 0 radical (unpaired) electrons. The summed E-state index contributed by atoms with van der Waals surface area (Å²) in [6.07, 6.45) is 0.976. The maximum absolute atomic E-state index is 13.8. The summed E-state index contributed by atoms with van der Waals surface area (Å²) in [7, 11) is 0. The highest BCUT2D eigenvalue weighted by Crippen LogP contribution is 2.19. The molecule has 2 aromatic rings. The first kappa shape index (κ1) is 13.8. The molecule has 0 atom stereocenters. The molecule has 1 aliphatic rings. The molecule has 0 spiro atoms. The molecule has 3 rings (SSSR count). The molecule has 2 aromatic carbocycles. The third kappa shape index (κ3) is 2.95. The first-order chi connectivity index (χ1) is 10.1. The molecule has 1 aliphatic heterocycles. The number of anilines is 1. The summed E-state index contributed by atoms with van der Waals surface area (Å²) in [4.78, 5) is 12.2. The predicted octanol–water partition coefficient (Wildman–Crippen LogP) is 3.03. The van der Waals surface area contributed by atoms with Gasteiger partial charge in [0.15, 0.2) is 0 Å². The number of nitrogens with one attached hydrogen (secondary N) is 2. The minimum Gasteiger partial charge on any atom is -0.319 e. The standard InChI is InChI=1S/C17H17FN2O/c1-11-2-5-16(15(18)8-11)20-17(21)13-4-3-12-6-7-19-10-14(12)9-13/h2-5,8-9,19H,6-7,10H2,1H3,(H,20,21). The molecular weight excluding hydrogens is 267 g/mol. The van der Waals surface area contributed by atoms with Crippen molar-refractivity contribution in [3.8, 4) is 0 Å². The van der Waals surface area contributed by atoms with Gasteiger partial charge in [0.25, 0.3) is 5.91 Å². The average molecular weight is 284 g/mol. The minimum absolute atomic E-state index is 0.210. The molecule has 0 saturated carbocycles. The Hall–Kier alpha value is -2.20. The highest BCUT2D eigenvalue weighted by Gasteiger charge is 2.13. The summed E-state index contributed by atoms with van der Waals surface area (Å²) >= 11 is 0. The Balaban J connectivity index is 1.82. The van der Waals surface area contributed by atoms with Crippen molar-refractivity contribution >= 4 is 11.6 Å². The first-order valence-electron chi connectivity index (χ1n) is 7.03. The second kappa shape index (κ2) is 5.66. The van der Waals surface area contributed by atoms with Gasteiger partial charge in [0, 0.05) is 12.1 Å². The minimum atomic E-state index is -0.414. The van der Waals surface area contributed by atoms with Crippen LogP contribution in [-0.4, -0.2) is 12.5 Å². The van der Waals surface area contributed by atoms with Crippen LogP contribution in [0.3, 0.4) is 0 Å². The first-order valence-corrected chi connectivity index (χ1v) is 7.03. The van der Waals surface area contributed by atoms with Crippen LogP contribution in [-0.2, 0) is 13.0 Å². The fraction of sp³-hybridized carbons (Fsp3) is 0.235. The number of carbonyl (C=O) groups is 1. The topological polar surface area (TPSA) is 41.1 Å². The highest BCUT2D eigenvalue weighted by atomic mass is 19.1. The predicted molar refractivity (Wildman–Crippen MR) is 80.9 cm³/mol. The molecule has 108 valence electrons. The van der Waals surface area contributed by atoms with Crippen LogP contribution in [0.4, 0.5) is 10.1 Å². The Bertz CT molecular complexity index is 697. The quantitative estimate of drug-likeness (QED) is 0.890. The van der Waals surface area contributed by atoms with E-state index in [-0.39, 0.29) is 11.6 Å². The number of carbonyl (C=O) groups excluding carboxylic acids is 1. The van der Waals surface area contributed by atoms with Crippen LogP contribution in [0.5, 0.6) is 0 Å². The van der Waals surface area contributed by atoms with E-state index in [0.717, 1.165) is 30.6 Å². The molecule has 4 heteroatoms. The Morgan fingerprint density at radius 1 is 1.19 bits per heavy atom. The van der Waals surface area contributed by atoms with E-state index in [9.17, 15) is 9.18 Å². The molecule has 1 amide bonds. The van der Waals surface area contributed by atoms with Crippen LogP contribution >= 0.6 is 0 Å². The molecule has 1 heterocycles. The number of hydrogen-bond acceptors (Lipinski definition) is 2. The van der Waals surface area contributed by atoms with E-state index >= 15 is 0 Å². The van der Waals surface area contributed by atoms with Crippen LogP contribution in [0.15, 0.2) is 36.4 Å². The Labute approximate surface area is 123 Å². The molecule has 3 nitrogen and oxygen atoms in total. The highest BCUT2D eigenvalue weighted by molar-refractivity contribution is 6.04. The summed E-state index contributed by atoms with van der Waals surface area (Å²) < 4.78 is 13.8. The Morgan fingerprint density at radius 2 is 2.05 bits per heavy atom. The number of hydrogen-bond donors (Lipinski definition) is 2. The van der Waals surface area contributed by atoms with Gasteiger partial charge in [-0.05, 0) is 60.8 Å². The maximum Gasteiger partial charge on any atom is 0.255 e. The SMILES string of the molecule is Cc1ccc(NC(=O)c2ccc3c(c2)CNCC3)c(F)c1. The van der Waals surface area contributed by atoms with Gasteiger partial charge in [-0.3, -0.25) is 4.79 Å². The second-order valence-corrected chi connectivity index (χ2v) is 5.35. The largest absolute Gasteiger partial charge is 0.319 e. The van der Waals surface area contributed by atoms with Gasteiger partial charge in [-0.2, -0.15) is 0 Å². The molecule has 0 fully saturated rings. The van der Waals surface area contributed by atoms with Gasteiger partial charge in [0.2, 0.25) is 0 Å². The Morgan fingerprint density at radius 3 is 2.86 bits per heavy atom. The van der Waals surface area contributed by atoms with Crippen LogP contribution < -0.4 is 10.6 Å². The lowest BCUT2D eigenvalue weighted by atomic mass is 9.98. The monoisotopic (exact) mass is 284 g/mol. The lowest BCUT2D eigenvalue weighted by Crippen LogP contribution is -2.24. The third-order valence-corrected chi connectivity index (χ3v) is 3.73. The van der Waals surface area contributed by atoms with Crippen molar-refractivity contribution in [3.63, 3.8) is 0 Å². The second-order valence-electron chi connectivity index (χ2n) is 5.35. The molecule has 0 saturated heterocycles. The summed E-state index contributed by atoms with van der Waals surface area (Å²) in [6.45, 7) is 3.55. The number of benzene rings is 2. The van der Waals surface area contributed by atoms with Crippen LogP contribution in [0.2, 0.25) is 0 Å². The van der Waals surface area contributed by atoms with E-state index in [0.29, 0.717) is 5.56 Å². The molecule has 0 unspecified atom stereocenters. The molecule has 0 aliphatic carbocycles. The number of rotatable bonds is 2. The van der Waals surface area contributed by atoms with E-state index < -0.39 is 5.82 Å². The summed E-state index contributed by atoms with van der Waals surface area (Å²) in [5.41, 5.74) is 3.99. The van der Waals surface area contributed by atoms with E-state index in [1.165, 1.54) is 11.6 Å².